The molecule has 0 saturated carbocycles. The second-order valence-corrected chi connectivity index (χ2v) is 8.57. The lowest BCUT2D eigenvalue weighted by Crippen LogP contribution is -2.25. The topological polar surface area (TPSA) is 150 Å². The van der Waals surface area contributed by atoms with Gasteiger partial charge in [0.1, 0.15) is 18.5 Å². The highest BCUT2D eigenvalue weighted by Gasteiger charge is 2.31. The lowest BCUT2D eigenvalue weighted by molar-refractivity contribution is -0.118. The van der Waals surface area contributed by atoms with Crippen LogP contribution in [0.25, 0.3) is 0 Å². The molecule has 2 atom stereocenters. The van der Waals surface area contributed by atoms with Crippen molar-refractivity contribution in [3.63, 3.8) is 0 Å². The Kier molecular flexibility index (Phi) is 8.65. The van der Waals surface area contributed by atoms with Gasteiger partial charge in [-0.25, -0.2) is 0 Å². The zero-order valence-electron chi connectivity index (χ0n) is 15.3. The largest absolute Gasteiger partial charge is 0.491 e. The van der Waals surface area contributed by atoms with Crippen LogP contribution in [0.3, 0.4) is 0 Å². The number of ether oxygens (including phenoxy) is 1. The zero-order valence-corrected chi connectivity index (χ0v) is 17.7. The third-order valence-corrected chi connectivity index (χ3v) is 4.97. The van der Waals surface area contributed by atoms with Gasteiger partial charge in [-0.3, -0.25) is 24.0 Å². The second-order valence-electron chi connectivity index (χ2n) is 6.06. The van der Waals surface area contributed by atoms with E-state index in [0.29, 0.717) is 22.8 Å². The van der Waals surface area contributed by atoms with E-state index in [1.807, 2.05) is 12.1 Å². The summed E-state index contributed by atoms with van der Waals surface area (Å²) in [5.41, 5.74) is 1.63. The van der Waals surface area contributed by atoms with Gasteiger partial charge < -0.3 is 9.84 Å². The molecule has 162 valence electrons. The maximum atomic E-state index is 11.6. The van der Waals surface area contributed by atoms with Crippen LogP contribution in [0.1, 0.15) is 17.2 Å². The van der Waals surface area contributed by atoms with Crippen LogP contribution in [0.2, 0.25) is 5.02 Å². The molecule has 0 aliphatic carbocycles. The molecule has 0 spiro atoms. The van der Waals surface area contributed by atoms with Gasteiger partial charge in [-0.05, 0) is 41.8 Å². The SMILES string of the molecule is O=C1NC(=O)C(Cc2ccc(OC[C@@H](O)c3cccc(Cl)c3)cc2)S1.O=S(=O)(O)O. The molecule has 1 saturated heterocycles. The van der Waals surface area contributed by atoms with Crippen LogP contribution in [-0.4, -0.2) is 45.6 Å². The molecule has 1 heterocycles. The van der Waals surface area contributed by atoms with Gasteiger partial charge in [-0.15, -0.1) is 0 Å². The number of halogens is 1. The van der Waals surface area contributed by atoms with Gasteiger partial charge in [0.05, 0.1) is 5.25 Å². The first kappa shape index (κ1) is 24.1. The number of thioether (sulfide) groups is 1. The Morgan fingerprint density at radius 3 is 2.30 bits per heavy atom. The van der Waals surface area contributed by atoms with E-state index in [9.17, 15) is 14.7 Å². The van der Waals surface area contributed by atoms with E-state index in [0.717, 1.165) is 17.3 Å². The molecule has 1 aliphatic heterocycles. The Morgan fingerprint density at radius 1 is 1.13 bits per heavy atom. The Balaban J connectivity index is 0.000000575. The van der Waals surface area contributed by atoms with Crippen LogP contribution in [0, 0.1) is 0 Å². The fourth-order valence-corrected chi connectivity index (χ4v) is 3.51. The summed E-state index contributed by atoms with van der Waals surface area (Å²) in [4.78, 5) is 22.8. The highest BCUT2D eigenvalue weighted by atomic mass is 35.5. The summed E-state index contributed by atoms with van der Waals surface area (Å²) >= 11 is 6.92. The molecule has 0 bridgehead atoms. The summed E-state index contributed by atoms with van der Waals surface area (Å²) in [6.45, 7) is 0.106. The lowest BCUT2D eigenvalue weighted by atomic mass is 10.1. The van der Waals surface area contributed by atoms with Crippen molar-refractivity contribution in [2.24, 2.45) is 0 Å². The molecule has 1 fully saturated rings. The van der Waals surface area contributed by atoms with Crippen molar-refractivity contribution in [3.8, 4) is 5.75 Å². The Hall–Kier alpha value is -2.15. The Bertz CT molecular complexity index is 990. The number of imide groups is 1. The molecule has 1 aliphatic rings. The summed E-state index contributed by atoms with van der Waals surface area (Å²) in [6.07, 6.45) is -0.295. The van der Waals surface area contributed by atoms with Crippen molar-refractivity contribution in [1.82, 2.24) is 5.32 Å². The van der Waals surface area contributed by atoms with E-state index in [4.69, 9.17) is 33.9 Å². The average molecular weight is 476 g/mol. The molecule has 12 heteroatoms. The minimum absolute atomic E-state index is 0.106. The van der Waals surface area contributed by atoms with Gasteiger partial charge in [0.2, 0.25) is 5.91 Å². The van der Waals surface area contributed by atoms with Gasteiger partial charge in [0.25, 0.3) is 5.24 Å². The van der Waals surface area contributed by atoms with Gasteiger partial charge in [0.15, 0.2) is 0 Å². The number of carbonyl (C=O) groups excluding carboxylic acids is 2. The van der Waals surface area contributed by atoms with E-state index in [1.165, 1.54) is 0 Å². The molecule has 0 radical (unpaired) electrons. The smallest absolute Gasteiger partial charge is 0.394 e. The fraction of sp³-hybridized carbons (Fsp3) is 0.222. The van der Waals surface area contributed by atoms with Crippen LogP contribution in [0.4, 0.5) is 4.79 Å². The molecular formula is C18H18ClNO8S2. The summed E-state index contributed by atoms with van der Waals surface area (Å²) in [5, 5.41) is 12.3. The number of aliphatic hydroxyl groups excluding tert-OH is 1. The molecule has 2 aromatic carbocycles. The third-order valence-electron chi connectivity index (χ3n) is 3.75. The predicted octanol–water partition coefficient (Wildman–Crippen LogP) is 2.69. The van der Waals surface area contributed by atoms with Crippen LogP contribution < -0.4 is 10.1 Å². The molecule has 9 nitrogen and oxygen atoms in total. The first-order valence-corrected chi connectivity index (χ1v) is 11.0. The standard InChI is InChI=1S/C18H16ClNO4S.H2O4S/c19-13-3-1-2-12(9-13)15(21)10-24-14-6-4-11(5-7-14)8-16-17(22)20-18(23)25-16;1-5(2,3)4/h1-7,9,15-16,21H,8,10H2,(H,20,22,23);(H2,1,2,3,4)/t15-,16?;/m1./s1. The third kappa shape index (κ3) is 8.69. The number of aliphatic hydroxyl groups is 1. The summed E-state index contributed by atoms with van der Waals surface area (Å²) in [7, 11) is -4.67. The number of rotatable bonds is 6. The normalized spacial score (nSPS) is 17.0. The summed E-state index contributed by atoms with van der Waals surface area (Å²) in [6, 6.07) is 14.2. The van der Waals surface area contributed by atoms with E-state index in [2.05, 4.69) is 5.32 Å². The van der Waals surface area contributed by atoms with Crippen LogP contribution >= 0.6 is 23.4 Å². The number of hydrogen-bond donors (Lipinski definition) is 4. The van der Waals surface area contributed by atoms with Gasteiger partial charge in [0, 0.05) is 5.02 Å². The van der Waals surface area contributed by atoms with Crippen LogP contribution in [-0.2, 0) is 21.6 Å². The van der Waals surface area contributed by atoms with Crippen molar-refractivity contribution >= 4 is 44.9 Å². The highest BCUT2D eigenvalue weighted by molar-refractivity contribution is 8.15. The van der Waals surface area contributed by atoms with E-state index in [-0.39, 0.29) is 23.0 Å². The molecule has 2 aromatic rings. The Morgan fingerprint density at radius 2 is 1.77 bits per heavy atom. The minimum atomic E-state index is -4.67. The minimum Gasteiger partial charge on any atom is -0.491 e. The number of nitrogens with one attached hydrogen (secondary N) is 1. The molecular weight excluding hydrogens is 458 g/mol. The number of benzene rings is 2. The van der Waals surface area contributed by atoms with Gasteiger partial charge in [-0.2, -0.15) is 8.42 Å². The van der Waals surface area contributed by atoms with Crippen molar-refractivity contribution in [2.45, 2.75) is 17.8 Å². The molecule has 0 aromatic heterocycles. The second kappa shape index (κ2) is 10.8. The van der Waals surface area contributed by atoms with Gasteiger partial charge in [-0.1, -0.05) is 47.6 Å². The molecule has 3 rings (SSSR count). The number of carbonyl (C=O) groups is 2. The molecule has 30 heavy (non-hydrogen) atoms. The fourth-order valence-electron chi connectivity index (χ4n) is 2.45. The van der Waals surface area contributed by atoms with Gasteiger partial charge >= 0.3 is 10.4 Å². The van der Waals surface area contributed by atoms with Crippen LogP contribution in [0.15, 0.2) is 48.5 Å². The van der Waals surface area contributed by atoms with Crippen LogP contribution in [0.5, 0.6) is 5.75 Å². The summed E-state index contributed by atoms with van der Waals surface area (Å²) < 4.78 is 37.2. The quantitative estimate of drug-likeness (QED) is 0.462. The first-order valence-electron chi connectivity index (χ1n) is 8.38. The molecule has 1 unspecified atom stereocenters. The van der Waals surface area contributed by atoms with E-state index >= 15 is 0 Å². The van der Waals surface area contributed by atoms with Crippen molar-refractivity contribution in [1.29, 1.82) is 0 Å². The average Bonchev–Trinajstić information content (AvgIpc) is 2.96. The monoisotopic (exact) mass is 475 g/mol. The maximum Gasteiger partial charge on any atom is 0.394 e. The Labute approximate surface area is 182 Å². The highest BCUT2D eigenvalue weighted by Crippen LogP contribution is 2.24. The van der Waals surface area contributed by atoms with Crippen molar-refractivity contribution < 1.29 is 37.0 Å². The van der Waals surface area contributed by atoms with Crippen molar-refractivity contribution in [2.75, 3.05) is 6.61 Å². The molecule has 4 N–H and O–H groups in total. The zero-order chi connectivity index (χ0) is 22.3. The van der Waals surface area contributed by atoms with E-state index in [1.54, 1.807) is 36.4 Å². The first-order chi connectivity index (χ1) is 14.0. The summed E-state index contributed by atoms with van der Waals surface area (Å²) in [5.74, 6) is 0.365. The molecule has 2 amide bonds. The number of hydrogen-bond acceptors (Lipinski definition) is 7. The number of amides is 2. The van der Waals surface area contributed by atoms with E-state index < -0.39 is 16.5 Å². The lowest BCUT2D eigenvalue weighted by Gasteiger charge is -2.13. The predicted molar refractivity (Wildman–Crippen MR) is 111 cm³/mol. The van der Waals surface area contributed by atoms with Crippen molar-refractivity contribution in [3.05, 3.63) is 64.7 Å². The maximum absolute atomic E-state index is 11.6.